The number of nitrogens with one attached hydrogen (secondary N) is 2. The van der Waals surface area contributed by atoms with Crippen LogP contribution in [0, 0.1) is 0 Å². The van der Waals surface area contributed by atoms with Crippen LogP contribution >= 0.6 is 0 Å². The highest BCUT2D eigenvalue weighted by Gasteiger charge is 2.16. The standard InChI is InChI=1S/C14H18N2O3/c1-9(5-13(17)19-2)16-14(18)10-3-4-11-7-15-8-12(11)6-10/h3-4,6,9,15H,5,7-8H2,1-2H3,(H,16,18). The minimum atomic E-state index is -0.328. The molecule has 0 saturated carbocycles. The molecule has 1 aliphatic rings. The van der Waals surface area contributed by atoms with Gasteiger partial charge in [-0.2, -0.15) is 0 Å². The molecule has 1 aliphatic heterocycles. The number of hydrogen-bond donors (Lipinski definition) is 2. The van der Waals surface area contributed by atoms with Crippen LogP contribution in [0.15, 0.2) is 18.2 Å². The van der Waals surface area contributed by atoms with Crippen molar-refractivity contribution in [1.82, 2.24) is 10.6 Å². The Morgan fingerprint density at radius 3 is 2.84 bits per heavy atom. The Balaban J connectivity index is 1.98. The van der Waals surface area contributed by atoms with Gasteiger partial charge in [-0.15, -0.1) is 0 Å². The Hall–Kier alpha value is -1.88. The van der Waals surface area contributed by atoms with Crippen molar-refractivity contribution in [2.45, 2.75) is 32.5 Å². The summed E-state index contributed by atoms with van der Waals surface area (Å²) < 4.78 is 4.57. The molecule has 1 atom stereocenters. The molecule has 5 heteroatoms. The smallest absolute Gasteiger partial charge is 0.307 e. The number of hydrogen-bond acceptors (Lipinski definition) is 4. The fraction of sp³-hybridized carbons (Fsp3) is 0.429. The van der Waals surface area contributed by atoms with Gasteiger partial charge in [-0.05, 0) is 30.2 Å². The van der Waals surface area contributed by atoms with Gasteiger partial charge in [-0.25, -0.2) is 0 Å². The molecule has 0 spiro atoms. The highest BCUT2D eigenvalue weighted by molar-refractivity contribution is 5.94. The van der Waals surface area contributed by atoms with Gasteiger partial charge in [0.25, 0.3) is 5.91 Å². The SMILES string of the molecule is COC(=O)CC(C)NC(=O)c1ccc2c(c1)CNC2. The summed E-state index contributed by atoms with van der Waals surface area (Å²) in [6.07, 6.45) is 0.175. The normalized spacial score (nSPS) is 14.6. The number of carbonyl (C=O) groups is 2. The Morgan fingerprint density at radius 2 is 2.11 bits per heavy atom. The van der Waals surface area contributed by atoms with E-state index in [-0.39, 0.29) is 24.3 Å². The van der Waals surface area contributed by atoms with Crippen molar-refractivity contribution >= 4 is 11.9 Å². The molecule has 0 radical (unpaired) electrons. The molecule has 2 N–H and O–H groups in total. The Bertz CT molecular complexity index is 499. The minimum Gasteiger partial charge on any atom is -0.469 e. The minimum absolute atomic E-state index is 0.161. The van der Waals surface area contributed by atoms with E-state index in [9.17, 15) is 9.59 Å². The van der Waals surface area contributed by atoms with E-state index < -0.39 is 0 Å². The number of fused-ring (bicyclic) bond motifs is 1. The summed E-state index contributed by atoms with van der Waals surface area (Å²) in [4.78, 5) is 23.2. The number of ether oxygens (including phenoxy) is 1. The van der Waals surface area contributed by atoms with Crippen LogP contribution in [0.25, 0.3) is 0 Å². The van der Waals surface area contributed by atoms with Crippen LogP contribution in [0.2, 0.25) is 0 Å². The zero-order chi connectivity index (χ0) is 13.8. The predicted octanol–water partition coefficient (Wildman–Crippen LogP) is 0.971. The molecule has 0 fully saturated rings. The van der Waals surface area contributed by atoms with Gasteiger partial charge in [-0.3, -0.25) is 9.59 Å². The zero-order valence-electron chi connectivity index (χ0n) is 11.2. The largest absolute Gasteiger partial charge is 0.469 e. The maximum absolute atomic E-state index is 12.0. The molecule has 0 saturated heterocycles. The molecular formula is C14H18N2O3. The van der Waals surface area contributed by atoms with Gasteiger partial charge in [0.2, 0.25) is 0 Å². The monoisotopic (exact) mass is 262 g/mol. The van der Waals surface area contributed by atoms with Crippen LogP contribution < -0.4 is 10.6 Å². The summed E-state index contributed by atoms with van der Waals surface area (Å²) in [7, 11) is 1.34. The lowest BCUT2D eigenvalue weighted by Gasteiger charge is -2.13. The first-order valence-corrected chi connectivity index (χ1v) is 6.30. The maximum atomic E-state index is 12.0. The van der Waals surface area contributed by atoms with Crippen molar-refractivity contribution in [1.29, 1.82) is 0 Å². The Labute approximate surface area is 112 Å². The maximum Gasteiger partial charge on any atom is 0.307 e. The van der Waals surface area contributed by atoms with E-state index in [1.807, 2.05) is 18.2 Å². The Morgan fingerprint density at radius 1 is 1.37 bits per heavy atom. The number of esters is 1. The first-order chi connectivity index (χ1) is 9.10. The molecule has 19 heavy (non-hydrogen) atoms. The van der Waals surface area contributed by atoms with Crippen LogP contribution in [0.4, 0.5) is 0 Å². The van der Waals surface area contributed by atoms with Crippen molar-refractivity contribution in [3.8, 4) is 0 Å². The number of carbonyl (C=O) groups excluding carboxylic acids is 2. The zero-order valence-corrected chi connectivity index (χ0v) is 11.2. The molecule has 0 aromatic heterocycles. The lowest BCUT2D eigenvalue weighted by molar-refractivity contribution is -0.141. The van der Waals surface area contributed by atoms with E-state index in [4.69, 9.17) is 0 Å². The quantitative estimate of drug-likeness (QED) is 0.793. The van der Waals surface area contributed by atoms with Crippen LogP contribution in [0.1, 0.15) is 34.8 Å². The highest BCUT2D eigenvalue weighted by atomic mass is 16.5. The van der Waals surface area contributed by atoms with Gasteiger partial charge >= 0.3 is 5.97 Å². The molecule has 1 heterocycles. The van der Waals surface area contributed by atoms with E-state index in [1.54, 1.807) is 6.92 Å². The molecule has 0 bridgehead atoms. The van der Waals surface area contributed by atoms with Gasteiger partial charge in [-0.1, -0.05) is 6.07 Å². The number of amides is 1. The molecule has 0 aliphatic carbocycles. The molecule has 1 unspecified atom stereocenters. The van der Waals surface area contributed by atoms with Crippen LogP contribution in [-0.4, -0.2) is 25.0 Å². The van der Waals surface area contributed by atoms with Crippen molar-refractivity contribution in [3.05, 3.63) is 34.9 Å². The first kappa shape index (κ1) is 13.5. The van der Waals surface area contributed by atoms with E-state index in [2.05, 4.69) is 15.4 Å². The summed E-state index contributed by atoms with van der Waals surface area (Å²) in [5.74, 6) is -0.489. The second-order valence-corrected chi connectivity index (χ2v) is 4.74. The van der Waals surface area contributed by atoms with E-state index in [1.165, 1.54) is 12.7 Å². The fourth-order valence-electron chi connectivity index (χ4n) is 2.13. The molecule has 1 aromatic rings. The van der Waals surface area contributed by atoms with Gasteiger partial charge in [0, 0.05) is 24.7 Å². The number of benzene rings is 1. The summed E-state index contributed by atoms with van der Waals surface area (Å²) >= 11 is 0. The van der Waals surface area contributed by atoms with Crippen molar-refractivity contribution in [3.63, 3.8) is 0 Å². The second-order valence-electron chi connectivity index (χ2n) is 4.74. The molecular weight excluding hydrogens is 244 g/mol. The van der Waals surface area contributed by atoms with E-state index in [0.29, 0.717) is 5.56 Å². The third-order valence-electron chi connectivity index (χ3n) is 3.18. The molecule has 2 rings (SSSR count). The van der Waals surface area contributed by atoms with E-state index in [0.717, 1.165) is 18.7 Å². The summed E-state index contributed by atoms with van der Waals surface area (Å²) in [6.45, 7) is 3.44. The first-order valence-electron chi connectivity index (χ1n) is 6.30. The van der Waals surface area contributed by atoms with Crippen LogP contribution in [-0.2, 0) is 22.6 Å². The molecule has 5 nitrogen and oxygen atoms in total. The number of rotatable bonds is 4. The summed E-state index contributed by atoms with van der Waals surface area (Å²) in [5.41, 5.74) is 3.02. The molecule has 1 amide bonds. The van der Waals surface area contributed by atoms with Crippen molar-refractivity contribution in [2.24, 2.45) is 0 Å². The number of methoxy groups -OCH3 is 1. The van der Waals surface area contributed by atoms with Crippen molar-refractivity contribution < 1.29 is 14.3 Å². The third-order valence-corrected chi connectivity index (χ3v) is 3.18. The average Bonchev–Trinajstić information content (AvgIpc) is 2.85. The van der Waals surface area contributed by atoms with Gasteiger partial charge in [0.15, 0.2) is 0 Å². The average molecular weight is 262 g/mol. The van der Waals surface area contributed by atoms with Crippen LogP contribution in [0.3, 0.4) is 0 Å². The fourth-order valence-corrected chi connectivity index (χ4v) is 2.13. The third kappa shape index (κ3) is 3.32. The highest BCUT2D eigenvalue weighted by Crippen LogP contribution is 2.17. The van der Waals surface area contributed by atoms with Gasteiger partial charge in [0.1, 0.15) is 0 Å². The Kier molecular flexibility index (Phi) is 4.16. The second kappa shape index (κ2) is 5.84. The summed E-state index contributed by atoms with van der Waals surface area (Å²) in [5, 5.41) is 6.03. The molecule has 1 aromatic carbocycles. The van der Waals surface area contributed by atoms with E-state index >= 15 is 0 Å². The van der Waals surface area contributed by atoms with Crippen molar-refractivity contribution in [2.75, 3.05) is 7.11 Å². The molecule has 102 valence electrons. The van der Waals surface area contributed by atoms with Crippen LogP contribution in [0.5, 0.6) is 0 Å². The lowest BCUT2D eigenvalue weighted by atomic mass is 10.1. The topological polar surface area (TPSA) is 67.4 Å². The van der Waals surface area contributed by atoms with Gasteiger partial charge < -0.3 is 15.4 Å². The summed E-state index contributed by atoms with van der Waals surface area (Å²) in [6, 6.07) is 5.43. The predicted molar refractivity (Wildman–Crippen MR) is 70.5 cm³/mol. The van der Waals surface area contributed by atoms with Gasteiger partial charge in [0.05, 0.1) is 13.5 Å². The lowest BCUT2D eigenvalue weighted by Crippen LogP contribution is -2.34.